The van der Waals surface area contributed by atoms with Crippen molar-refractivity contribution in [1.29, 1.82) is 0 Å². The molecule has 0 saturated heterocycles. The quantitative estimate of drug-likeness (QED) is 0.701. The van der Waals surface area contributed by atoms with Crippen molar-refractivity contribution in [3.05, 3.63) is 29.0 Å². The van der Waals surface area contributed by atoms with E-state index >= 15 is 0 Å². The Bertz CT molecular complexity index is 1150. The number of H-pyrrole nitrogens is 2. The smallest absolute Gasteiger partial charge is 0.263 e. The number of fused-ring (bicyclic) bond motifs is 3. The number of aromatic amines is 2. The number of anilines is 1. The number of carbonyl (C=O) groups excluding carboxylic acids is 1. The normalized spacial score (nSPS) is 23.0. The number of aryl methyl sites for hydroxylation is 1. The summed E-state index contributed by atoms with van der Waals surface area (Å²) in [5, 5.41) is 7.78. The van der Waals surface area contributed by atoms with Gasteiger partial charge in [-0.15, -0.1) is 0 Å². The summed E-state index contributed by atoms with van der Waals surface area (Å²) in [7, 11) is 1.60. The van der Waals surface area contributed by atoms with Crippen LogP contribution in [0.1, 0.15) is 44.0 Å². The van der Waals surface area contributed by atoms with Gasteiger partial charge in [0.2, 0.25) is 0 Å². The third kappa shape index (κ3) is 2.78. The van der Waals surface area contributed by atoms with Gasteiger partial charge in [-0.2, -0.15) is 5.10 Å². The number of rotatable bonds is 3. The third-order valence-corrected chi connectivity index (χ3v) is 6.72. The highest BCUT2D eigenvalue weighted by Gasteiger charge is 2.53. The first-order chi connectivity index (χ1) is 13.6. The van der Waals surface area contributed by atoms with E-state index in [1.165, 1.54) is 36.4 Å². The van der Waals surface area contributed by atoms with Gasteiger partial charge in [0.15, 0.2) is 11.5 Å². The summed E-state index contributed by atoms with van der Waals surface area (Å²) in [5.41, 5.74) is 5.05. The summed E-state index contributed by atoms with van der Waals surface area (Å²) >= 11 is 0. The van der Waals surface area contributed by atoms with E-state index in [2.05, 4.69) is 22.1 Å². The average molecular weight is 395 g/mol. The van der Waals surface area contributed by atoms with Gasteiger partial charge < -0.3 is 9.88 Å². The fraction of sp³-hybridized carbons (Fsp3) is 0.500. The lowest BCUT2D eigenvalue weighted by Gasteiger charge is -2.24. The lowest BCUT2D eigenvalue weighted by molar-refractivity contribution is -0.127. The second-order valence-electron chi connectivity index (χ2n) is 9.54. The van der Waals surface area contributed by atoms with Crippen molar-refractivity contribution >= 4 is 22.6 Å². The van der Waals surface area contributed by atoms with Crippen LogP contribution in [0.3, 0.4) is 0 Å². The molecule has 5 rings (SSSR count). The van der Waals surface area contributed by atoms with E-state index < -0.39 is 11.6 Å². The van der Waals surface area contributed by atoms with E-state index in [0.717, 1.165) is 46.9 Å². The van der Waals surface area contributed by atoms with Crippen molar-refractivity contribution in [2.24, 2.45) is 11.3 Å². The molecule has 2 aliphatic carbocycles. The fourth-order valence-corrected chi connectivity index (χ4v) is 4.79. The molecular formula is C22H26FN5O. The van der Waals surface area contributed by atoms with Crippen molar-refractivity contribution in [2.75, 3.05) is 11.9 Å². The average Bonchev–Trinajstić information content (AvgIpc) is 2.95. The zero-order chi connectivity index (χ0) is 20.7. The zero-order valence-corrected chi connectivity index (χ0v) is 17.5. The first-order valence-electron chi connectivity index (χ1n) is 10.1. The van der Waals surface area contributed by atoms with Crippen molar-refractivity contribution < 1.29 is 9.18 Å². The van der Waals surface area contributed by atoms with Gasteiger partial charge in [-0.3, -0.25) is 9.89 Å². The van der Waals surface area contributed by atoms with E-state index in [9.17, 15) is 9.18 Å². The molecule has 2 heterocycles. The Balaban J connectivity index is 1.53. The molecule has 1 saturated carbocycles. The first-order valence-corrected chi connectivity index (χ1v) is 10.1. The number of benzene rings is 1. The highest BCUT2D eigenvalue weighted by atomic mass is 19.1. The van der Waals surface area contributed by atoms with Crippen molar-refractivity contribution in [1.82, 2.24) is 20.2 Å². The number of nitrogens with zero attached hydrogens (tertiary/aromatic N) is 3. The number of alkyl halides is 1. The Morgan fingerprint density at radius 1 is 1.38 bits per heavy atom. The number of halogens is 1. The van der Waals surface area contributed by atoms with Gasteiger partial charge in [-0.05, 0) is 69.1 Å². The molecule has 0 spiro atoms. The van der Waals surface area contributed by atoms with E-state index in [4.69, 9.17) is 4.98 Å². The van der Waals surface area contributed by atoms with Gasteiger partial charge >= 0.3 is 0 Å². The van der Waals surface area contributed by atoms with Crippen LogP contribution in [0.4, 0.5) is 10.1 Å². The second kappa shape index (κ2) is 5.68. The van der Waals surface area contributed by atoms with Crippen LogP contribution in [-0.4, -0.2) is 38.8 Å². The number of aromatic nitrogens is 4. The number of amides is 1. The molecule has 0 aliphatic heterocycles. The summed E-state index contributed by atoms with van der Waals surface area (Å²) in [4.78, 5) is 21.9. The highest BCUT2D eigenvalue weighted by Crippen LogP contribution is 2.59. The molecule has 1 fully saturated rings. The minimum absolute atomic E-state index is 0.442. The molecule has 6 nitrogen and oxygen atoms in total. The van der Waals surface area contributed by atoms with E-state index in [-0.39, 0.29) is 0 Å². The number of hydrogen-bond acceptors (Lipinski definition) is 3. The van der Waals surface area contributed by atoms with Crippen LogP contribution in [0.2, 0.25) is 0 Å². The Morgan fingerprint density at radius 3 is 2.86 bits per heavy atom. The molecule has 1 amide bonds. The first kappa shape index (κ1) is 18.3. The maximum atomic E-state index is 14.2. The molecule has 1 aromatic carbocycles. The Labute approximate surface area is 168 Å². The molecule has 2 atom stereocenters. The summed E-state index contributed by atoms with van der Waals surface area (Å²) < 4.78 is 14.2. The standard InChI is InChI=1S/C22H26FN5O/c1-11-6-14-15(8-17(11)28(5)20(29)21(2,3)23)25-19(24-14)18-13-7-12-9-22(12,4)10-16(13)26-27-18/h6,8,12H,7,9-10H2,1-5H3,(H,24,25)(H,26,27)/t12-,22-/m1/s1. The van der Waals surface area contributed by atoms with Gasteiger partial charge in [0.25, 0.3) is 5.91 Å². The zero-order valence-electron chi connectivity index (χ0n) is 17.5. The monoisotopic (exact) mass is 395 g/mol. The Hall–Kier alpha value is -2.70. The van der Waals surface area contributed by atoms with Crippen molar-refractivity contribution in [2.45, 2.75) is 52.6 Å². The fourth-order valence-electron chi connectivity index (χ4n) is 4.79. The maximum Gasteiger partial charge on any atom is 0.263 e. The van der Waals surface area contributed by atoms with Gasteiger partial charge in [0.1, 0.15) is 5.69 Å². The lowest BCUT2D eigenvalue weighted by Crippen LogP contribution is -2.40. The van der Waals surface area contributed by atoms with Crippen LogP contribution in [0.25, 0.3) is 22.6 Å². The minimum atomic E-state index is -1.93. The third-order valence-electron chi connectivity index (χ3n) is 6.72. The van der Waals surface area contributed by atoms with Crippen LogP contribution in [0.5, 0.6) is 0 Å². The maximum absolute atomic E-state index is 14.2. The topological polar surface area (TPSA) is 77.7 Å². The van der Waals surface area contributed by atoms with Crippen LogP contribution in [-0.2, 0) is 17.6 Å². The lowest BCUT2D eigenvalue weighted by atomic mass is 9.88. The predicted octanol–water partition coefficient (Wildman–Crippen LogP) is 4.10. The van der Waals surface area contributed by atoms with Gasteiger partial charge in [0.05, 0.1) is 11.0 Å². The van der Waals surface area contributed by atoms with E-state index in [1.54, 1.807) is 7.05 Å². The molecular weight excluding hydrogens is 369 g/mol. The van der Waals surface area contributed by atoms with Crippen LogP contribution < -0.4 is 4.90 Å². The van der Waals surface area contributed by atoms with Crippen LogP contribution in [0, 0.1) is 18.3 Å². The van der Waals surface area contributed by atoms with Gasteiger partial charge in [0, 0.05) is 24.0 Å². The summed E-state index contributed by atoms with van der Waals surface area (Å²) in [6, 6.07) is 3.79. The summed E-state index contributed by atoms with van der Waals surface area (Å²) in [5.74, 6) is 0.899. The number of carbonyl (C=O) groups is 1. The van der Waals surface area contributed by atoms with E-state index in [0.29, 0.717) is 11.1 Å². The molecule has 152 valence electrons. The molecule has 3 aromatic rings. The SMILES string of the molecule is Cc1cc2[nH]c(-c3n[nH]c4c3C[C@@H]3C[C@]3(C)C4)nc2cc1N(C)C(=O)C(C)(C)F. The van der Waals surface area contributed by atoms with Gasteiger partial charge in [-0.1, -0.05) is 6.92 Å². The molecule has 0 bridgehead atoms. The summed E-state index contributed by atoms with van der Waals surface area (Å²) in [6.45, 7) is 6.81. The largest absolute Gasteiger partial charge is 0.337 e. The molecule has 0 radical (unpaired) electrons. The second-order valence-corrected chi connectivity index (χ2v) is 9.54. The van der Waals surface area contributed by atoms with Crippen molar-refractivity contribution in [3.63, 3.8) is 0 Å². The highest BCUT2D eigenvalue weighted by molar-refractivity contribution is 6.00. The van der Waals surface area contributed by atoms with Crippen LogP contribution >= 0.6 is 0 Å². The number of nitrogens with one attached hydrogen (secondary N) is 2. The summed E-state index contributed by atoms with van der Waals surface area (Å²) in [6.07, 6.45) is 3.38. The van der Waals surface area contributed by atoms with Crippen molar-refractivity contribution in [3.8, 4) is 11.5 Å². The molecule has 7 heteroatoms. The molecule has 2 aliphatic rings. The molecule has 2 aromatic heterocycles. The molecule has 2 N–H and O–H groups in total. The predicted molar refractivity (Wildman–Crippen MR) is 111 cm³/mol. The Kier molecular flexibility index (Phi) is 3.59. The number of hydrogen-bond donors (Lipinski definition) is 2. The van der Waals surface area contributed by atoms with Gasteiger partial charge in [-0.25, -0.2) is 9.37 Å². The number of imidazole rings is 1. The Morgan fingerprint density at radius 2 is 2.14 bits per heavy atom. The minimum Gasteiger partial charge on any atom is -0.337 e. The molecule has 0 unspecified atom stereocenters. The van der Waals surface area contributed by atoms with Crippen LogP contribution in [0.15, 0.2) is 12.1 Å². The van der Waals surface area contributed by atoms with E-state index in [1.807, 2.05) is 19.1 Å². The molecule has 29 heavy (non-hydrogen) atoms.